The van der Waals surface area contributed by atoms with Crippen molar-refractivity contribution < 1.29 is 18.9 Å². The zero-order valence-electron chi connectivity index (χ0n) is 19.8. The first-order valence-corrected chi connectivity index (χ1v) is 12.6. The molecular formula is C30H34O4. The molecule has 4 nitrogen and oxygen atoms in total. The van der Waals surface area contributed by atoms with Crippen LogP contribution in [0.2, 0.25) is 0 Å². The van der Waals surface area contributed by atoms with Crippen molar-refractivity contribution in [3.05, 3.63) is 90.0 Å². The maximum absolute atomic E-state index is 6.78. The van der Waals surface area contributed by atoms with E-state index in [1.165, 1.54) is 18.4 Å². The van der Waals surface area contributed by atoms with Crippen molar-refractivity contribution in [2.45, 2.75) is 50.8 Å². The molecule has 7 atom stereocenters. The van der Waals surface area contributed by atoms with Gasteiger partial charge in [-0.3, -0.25) is 0 Å². The van der Waals surface area contributed by atoms with E-state index in [2.05, 4.69) is 60.7 Å². The second-order valence-corrected chi connectivity index (χ2v) is 10.3. The normalized spacial score (nSPS) is 35.2. The zero-order valence-corrected chi connectivity index (χ0v) is 19.8. The lowest BCUT2D eigenvalue weighted by Crippen LogP contribution is -2.39. The third-order valence-corrected chi connectivity index (χ3v) is 8.44. The van der Waals surface area contributed by atoms with Crippen molar-refractivity contribution in [3.63, 3.8) is 0 Å². The van der Waals surface area contributed by atoms with E-state index in [0.717, 1.165) is 17.7 Å². The van der Waals surface area contributed by atoms with Gasteiger partial charge in [0, 0.05) is 17.8 Å². The smallest absolute Gasteiger partial charge is 0.118 e. The highest BCUT2D eigenvalue weighted by atomic mass is 16.5. The zero-order chi connectivity index (χ0) is 23.0. The second kappa shape index (κ2) is 9.33. The summed E-state index contributed by atoms with van der Waals surface area (Å²) in [6.45, 7) is 1.90. The van der Waals surface area contributed by atoms with Crippen LogP contribution in [0.25, 0.3) is 0 Å². The molecule has 3 aliphatic carbocycles. The lowest BCUT2D eigenvalue weighted by atomic mass is 9.67. The summed E-state index contributed by atoms with van der Waals surface area (Å²) < 4.78 is 24.6. The molecule has 2 aromatic rings. The van der Waals surface area contributed by atoms with E-state index in [9.17, 15) is 0 Å². The molecule has 1 saturated carbocycles. The Morgan fingerprint density at radius 1 is 0.971 bits per heavy atom. The topological polar surface area (TPSA) is 36.9 Å². The van der Waals surface area contributed by atoms with Gasteiger partial charge in [0.15, 0.2) is 0 Å². The highest BCUT2D eigenvalue weighted by Gasteiger charge is 2.64. The van der Waals surface area contributed by atoms with Crippen LogP contribution < -0.4 is 4.74 Å². The van der Waals surface area contributed by atoms with Crippen molar-refractivity contribution in [1.29, 1.82) is 0 Å². The van der Waals surface area contributed by atoms with Crippen molar-refractivity contribution in [1.82, 2.24) is 0 Å². The standard InChI is InChI=1S/C30H34O4/c1-31-24-12-10-22(11-13-24)19-33-25-14-15-30-17-23-8-5-9-26(23)29(30)27(34-28(30)16-25)20-32-18-21-6-3-2-4-7-21/h2-8,10-15,23,25-29H,9,16-20H2,1H3/t23-,25-,26-,27-,28+,29-,30+/m0/s1. The van der Waals surface area contributed by atoms with Crippen LogP contribution in [0.1, 0.15) is 30.4 Å². The molecule has 4 aliphatic rings. The molecule has 1 spiro atoms. The van der Waals surface area contributed by atoms with Crippen molar-refractivity contribution in [3.8, 4) is 5.75 Å². The van der Waals surface area contributed by atoms with E-state index in [1.54, 1.807) is 7.11 Å². The second-order valence-electron chi connectivity index (χ2n) is 10.3. The van der Waals surface area contributed by atoms with Crippen LogP contribution in [-0.4, -0.2) is 32.0 Å². The first-order valence-electron chi connectivity index (χ1n) is 12.6. The van der Waals surface area contributed by atoms with Crippen molar-refractivity contribution in [2.24, 2.45) is 23.2 Å². The Labute approximate surface area is 202 Å². The molecule has 0 radical (unpaired) electrons. The van der Waals surface area contributed by atoms with E-state index in [4.69, 9.17) is 18.9 Å². The number of rotatable bonds is 8. The summed E-state index contributed by atoms with van der Waals surface area (Å²) in [6, 6.07) is 18.5. The quantitative estimate of drug-likeness (QED) is 0.474. The maximum atomic E-state index is 6.78. The minimum atomic E-state index is 0.0818. The Morgan fingerprint density at radius 3 is 2.62 bits per heavy atom. The van der Waals surface area contributed by atoms with E-state index in [-0.39, 0.29) is 23.7 Å². The van der Waals surface area contributed by atoms with Crippen LogP contribution in [-0.2, 0) is 27.4 Å². The number of fused-ring (bicyclic) bond motifs is 2. The lowest BCUT2D eigenvalue weighted by Gasteiger charge is -2.37. The van der Waals surface area contributed by atoms with Crippen LogP contribution in [0.3, 0.4) is 0 Å². The Morgan fingerprint density at radius 2 is 1.79 bits per heavy atom. The third-order valence-electron chi connectivity index (χ3n) is 8.44. The molecule has 34 heavy (non-hydrogen) atoms. The molecule has 1 saturated heterocycles. The summed E-state index contributed by atoms with van der Waals surface area (Å²) in [5.41, 5.74) is 2.50. The number of ether oxygens (including phenoxy) is 4. The van der Waals surface area contributed by atoms with Gasteiger partial charge in [-0.15, -0.1) is 0 Å². The molecule has 0 aromatic heterocycles. The molecule has 0 bridgehead atoms. The number of benzene rings is 2. The molecule has 2 aromatic carbocycles. The molecule has 0 amide bonds. The minimum absolute atomic E-state index is 0.0818. The van der Waals surface area contributed by atoms with Crippen LogP contribution in [0.15, 0.2) is 78.9 Å². The third kappa shape index (κ3) is 4.02. The summed E-state index contributed by atoms with van der Waals surface area (Å²) in [7, 11) is 1.69. The first-order chi connectivity index (χ1) is 16.7. The fourth-order valence-corrected chi connectivity index (χ4v) is 6.89. The molecule has 1 heterocycles. The first kappa shape index (κ1) is 22.1. The largest absolute Gasteiger partial charge is 0.497 e. The molecule has 0 N–H and O–H groups in total. The molecular weight excluding hydrogens is 424 g/mol. The molecule has 0 unspecified atom stereocenters. The molecule has 6 rings (SSSR count). The van der Waals surface area contributed by atoms with E-state index in [0.29, 0.717) is 37.6 Å². The van der Waals surface area contributed by atoms with Crippen LogP contribution in [0.4, 0.5) is 0 Å². The van der Waals surface area contributed by atoms with Gasteiger partial charge in [0.2, 0.25) is 0 Å². The Kier molecular flexibility index (Phi) is 6.06. The van der Waals surface area contributed by atoms with Crippen molar-refractivity contribution in [2.75, 3.05) is 13.7 Å². The Hall–Kier alpha value is -2.40. The number of hydrogen-bond acceptors (Lipinski definition) is 4. The molecule has 1 aliphatic heterocycles. The Bertz CT molecular complexity index is 1030. The summed E-state index contributed by atoms with van der Waals surface area (Å²) in [5, 5.41) is 0. The predicted octanol–water partition coefficient (Wildman–Crippen LogP) is 5.72. The van der Waals surface area contributed by atoms with Gasteiger partial charge in [0.25, 0.3) is 0 Å². The Balaban J connectivity index is 1.13. The van der Waals surface area contributed by atoms with Crippen molar-refractivity contribution >= 4 is 0 Å². The number of hydrogen-bond donors (Lipinski definition) is 0. The fourth-order valence-electron chi connectivity index (χ4n) is 6.89. The van der Waals surface area contributed by atoms with Gasteiger partial charge < -0.3 is 18.9 Å². The average molecular weight is 459 g/mol. The van der Waals surface area contributed by atoms with Crippen LogP contribution >= 0.6 is 0 Å². The number of methoxy groups -OCH3 is 1. The summed E-state index contributed by atoms with van der Waals surface area (Å²) in [4.78, 5) is 0. The summed E-state index contributed by atoms with van der Waals surface area (Å²) in [6.07, 6.45) is 13.3. The number of allylic oxidation sites excluding steroid dienone is 2. The van der Waals surface area contributed by atoms with Gasteiger partial charge in [-0.2, -0.15) is 0 Å². The van der Waals surface area contributed by atoms with Gasteiger partial charge in [-0.25, -0.2) is 0 Å². The monoisotopic (exact) mass is 458 g/mol. The van der Waals surface area contributed by atoms with Crippen LogP contribution in [0, 0.1) is 23.2 Å². The average Bonchev–Trinajstić information content (AvgIpc) is 3.52. The lowest BCUT2D eigenvalue weighted by molar-refractivity contribution is -0.0638. The molecule has 178 valence electrons. The van der Waals surface area contributed by atoms with Crippen LogP contribution in [0.5, 0.6) is 5.75 Å². The van der Waals surface area contributed by atoms with Gasteiger partial charge >= 0.3 is 0 Å². The summed E-state index contributed by atoms with van der Waals surface area (Å²) >= 11 is 0. The van der Waals surface area contributed by atoms with E-state index < -0.39 is 0 Å². The minimum Gasteiger partial charge on any atom is -0.497 e. The highest BCUT2D eigenvalue weighted by molar-refractivity contribution is 5.28. The van der Waals surface area contributed by atoms with Gasteiger partial charge in [0.1, 0.15) is 5.75 Å². The molecule has 4 heteroatoms. The maximum Gasteiger partial charge on any atom is 0.118 e. The van der Waals surface area contributed by atoms with E-state index >= 15 is 0 Å². The fraction of sp³-hybridized carbons (Fsp3) is 0.467. The predicted molar refractivity (Wildman–Crippen MR) is 131 cm³/mol. The SMILES string of the molecule is COc1ccc(CO[C@H]2C=C[C@]34C[C@@H]5C=CC[C@@H]5[C@H]3[C@H](COCc3ccccc3)O[C@@H]4C2)cc1. The van der Waals surface area contributed by atoms with Gasteiger partial charge in [0.05, 0.1) is 45.2 Å². The molecule has 2 fully saturated rings. The summed E-state index contributed by atoms with van der Waals surface area (Å²) in [5.74, 6) is 2.74. The van der Waals surface area contributed by atoms with Gasteiger partial charge in [-0.1, -0.05) is 66.8 Å². The highest BCUT2D eigenvalue weighted by Crippen LogP contribution is 2.64. The van der Waals surface area contributed by atoms with Gasteiger partial charge in [-0.05, 0) is 47.9 Å². The van der Waals surface area contributed by atoms with E-state index in [1.807, 2.05) is 18.2 Å².